The van der Waals surface area contributed by atoms with Crippen LogP contribution in [0.15, 0.2) is 0 Å². The highest BCUT2D eigenvalue weighted by Gasteiger charge is 2.32. The Morgan fingerprint density at radius 1 is 1.48 bits per heavy atom. The lowest BCUT2D eigenvalue weighted by Crippen LogP contribution is -2.38. The zero-order valence-corrected chi connectivity index (χ0v) is 12.8. The van der Waals surface area contributed by atoms with Crippen molar-refractivity contribution >= 4 is 5.97 Å². The fourth-order valence-electron chi connectivity index (χ4n) is 2.57. The van der Waals surface area contributed by atoms with Gasteiger partial charge in [-0.25, -0.2) is 9.48 Å². The molecular formula is C14H24N4O3. The van der Waals surface area contributed by atoms with Gasteiger partial charge in [-0.15, -0.1) is 5.10 Å². The van der Waals surface area contributed by atoms with Crippen molar-refractivity contribution in [3.8, 4) is 0 Å². The SMILES string of the molecule is CC(C)C(C)(O)Cn1nnc(C(=O)O)c1C1CCNCC1. The van der Waals surface area contributed by atoms with E-state index >= 15 is 0 Å². The number of nitrogens with one attached hydrogen (secondary N) is 1. The highest BCUT2D eigenvalue weighted by molar-refractivity contribution is 5.86. The van der Waals surface area contributed by atoms with Crippen molar-refractivity contribution in [2.45, 2.75) is 51.7 Å². The molecule has 0 bridgehead atoms. The summed E-state index contributed by atoms with van der Waals surface area (Å²) in [6, 6.07) is 0. The summed E-state index contributed by atoms with van der Waals surface area (Å²) in [5.41, 5.74) is -0.295. The molecule has 0 saturated carbocycles. The lowest BCUT2D eigenvalue weighted by Gasteiger charge is -2.30. The number of carboxylic acids is 1. The van der Waals surface area contributed by atoms with Crippen LogP contribution in [0.5, 0.6) is 0 Å². The van der Waals surface area contributed by atoms with Gasteiger partial charge in [0.2, 0.25) is 0 Å². The third-order valence-corrected chi connectivity index (χ3v) is 4.42. The first-order valence-electron chi connectivity index (χ1n) is 7.42. The lowest BCUT2D eigenvalue weighted by molar-refractivity contribution is -0.00718. The molecule has 0 spiro atoms. The molecule has 1 aromatic heterocycles. The van der Waals surface area contributed by atoms with Crippen molar-refractivity contribution in [1.82, 2.24) is 20.3 Å². The molecule has 7 heteroatoms. The fraction of sp³-hybridized carbons (Fsp3) is 0.786. The molecule has 1 saturated heterocycles. The van der Waals surface area contributed by atoms with Crippen LogP contribution in [0.25, 0.3) is 0 Å². The van der Waals surface area contributed by atoms with Crippen molar-refractivity contribution < 1.29 is 15.0 Å². The number of carbonyl (C=O) groups is 1. The van der Waals surface area contributed by atoms with E-state index in [-0.39, 0.29) is 24.1 Å². The average Bonchev–Trinajstić information content (AvgIpc) is 2.82. The van der Waals surface area contributed by atoms with Crippen molar-refractivity contribution in [3.05, 3.63) is 11.4 Å². The maximum Gasteiger partial charge on any atom is 0.358 e. The van der Waals surface area contributed by atoms with Crippen LogP contribution in [0.1, 0.15) is 55.7 Å². The summed E-state index contributed by atoms with van der Waals surface area (Å²) in [4.78, 5) is 11.4. The zero-order valence-electron chi connectivity index (χ0n) is 12.8. The predicted octanol–water partition coefficient (Wildman–Crippen LogP) is 0.850. The highest BCUT2D eigenvalue weighted by atomic mass is 16.4. The molecule has 1 aliphatic heterocycles. The van der Waals surface area contributed by atoms with Crippen LogP contribution in [0.2, 0.25) is 0 Å². The average molecular weight is 296 g/mol. The van der Waals surface area contributed by atoms with Gasteiger partial charge in [0.05, 0.1) is 17.8 Å². The minimum atomic E-state index is -1.06. The molecule has 3 N–H and O–H groups in total. The van der Waals surface area contributed by atoms with Gasteiger partial charge in [-0.1, -0.05) is 19.1 Å². The highest BCUT2D eigenvalue weighted by Crippen LogP contribution is 2.29. The molecule has 2 rings (SSSR count). The summed E-state index contributed by atoms with van der Waals surface area (Å²) in [6.07, 6.45) is 1.72. The van der Waals surface area contributed by atoms with Crippen LogP contribution in [0, 0.1) is 5.92 Å². The van der Waals surface area contributed by atoms with Crippen LogP contribution in [-0.2, 0) is 6.54 Å². The summed E-state index contributed by atoms with van der Waals surface area (Å²) in [7, 11) is 0. The standard InChI is InChI=1S/C14H24N4O3/c1-9(2)14(3,21)8-18-12(10-4-6-15-7-5-10)11(13(19)20)16-17-18/h9-10,15,21H,4-8H2,1-3H3,(H,19,20). The van der Waals surface area contributed by atoms with Crippen molar-refractivity contribution in [2.24, 2.45) is 5.92 Å². The Balaban J connectivity index is 2.35. The number of rotatable bonds is 5. The molecule has 0 aliphatic carbocycles. The molecule has 0 radical (unpaired) electrons. The first-order valence-corrected chi connectivity index (χ1v) is 7.42. The number of aliphatic hydroxyl groups is 1. The van der Waals surface area contributed by atoms with Crippen LogP contribution in [0.3, 0.4) is 0 Å². The molecule has 1 fully saturated rings. The van der Waals surface area contributed by atoms with E-state index in [2.05, 4.69) is 15.6 Å². The molecule has 1 aliphatic rings. The number of nitrogens with zero attached hydrogens (tertiary/aromatic N) is 3. The largest absolute Gasteiger partial charge is 0.476 e. The van der Waals surface area contributed by atoms with E-state index in [4.69, 9.17) is 0 Å². The zero-order chi connectivity index (χ0) is 15.6. The van der Waals surface area contributed by atoms with Crippen LogP contribution >= 0.6 is 0 Å². The topological polar surface area (TPSA) is 100 Å². The smallest absolute Gasteiger partial charge is 0.358 e. The molecule has 7 nitrogen and oxygen atoms in total. The van der Waals surface area contributed by atoms with Crippen LogP contribution < -0.4 is 5.32 Å². The van der Waals surface area contributed by atoms with E-state index in [0.717, 1.165) is 25.9 Å². The second kappa shape index (κ2) is 6.11. The van der Waals surface area contributed by atoms with E-state index in [1.54, 1.807) is 11.6 Å². The van der Waals surface area contributed by atoms with E-state index < -0.39 is 11.6 Å². The number of aromatic carboxylic acids is 1. The quantitative estimate of drug-likeness (QED) is 0.745. The normalized spacial score (nSPS) is 19.7. The lowest BCUT2D eigenvalue weighted by atomic mass is 9.90. The summed E-state index contributed by atoms with van der Waals surface area (Å²) >= 11 is 0. The molecule has 0 amide bonds. The number of hydrogen-bond acceptors (Lipinski definition) is 5. The van der Waals surface area contributed by atoms with Gasteiger partial charge in [0.25, 0.3) is 0 Å². The molecule has 118 valence electrons. The number of piperidine rings is 1. The third kappa shape index (κ3) is 3.41. The van der Waals surface area contributed by atoms with E-state index in [1.165, 1.54) is 0 Å². The van der Waals surface area contributed by atoms with E-state index in [1.807, 2.05) is 13.8 Å². The number of carboxylic acid groups (broad SMARTS) is 1. The second-order valence-electron chi connectivity index (χ2n) is 6.32. The van der Waals surface area contributed by atoms with Crippen molar-refractivity contribution in [3.63, 3.8) is 0 Å². The Kier molecular flexibility index (Phi) is 4.63. The van der Waals surface area contributed by atoms with Crippen molar-refractivity contribution in [1.29, 1.82) is 0 Å². The van der Waals surface area contributed by atoms with E-state index in [9.17, 15) is 15.0 Å². The predicted molar refractivity (Wildman–Crippen MR) is 77.3 cm³/mol. The molecule has 1 aromatic rings. The maximum atomic E-state index is 11.4. The Morgan fingerprint density at radius 3 is 2.62 bits per heavy atom. The summed E-state index contributed by atoms with van der Waals surface area (Å²) in [5.74, 6) is -0.898. The molecule has 1 unspecified atom stereocenters. The first-order chi connectivity index (χ1) is 9.83. The Morgan fingerprint density at radius 2 is 2.10 bits per heavy atom. The maximum absolute atomic E-state index is 11.4. The molecule has 0 aromatic carbocycles. The Bertz CT molecular complexity index is 504. The fourth-order valence-corrected chi connectivity index (χ4v) is 2.57. The summed E-state index contributed by atoms with van der Waals surface area (Å²) < 4.78 is 1.58. The third-order valence-electron chi connectivity index (χ3n) is 4.42. The summed E-state index contributed by atoms with van der Waals surface area (Å²) in [6.45, 7) is 7.57. The first kappa shape index (κ1) is 15.9. The van der Waals surface area contributed by atoms with Gasteiger partial charge < -0.3 is 15.5 Å². The van der Waals surface area contributed by atoms with Crippen molar-refractivity contribution in [2.75, 3.05) is 13.1 Å². The summed E-state index contributed by atoms with van der Waals surface area (Å²) in [5, 5.41) is 30.9. The number of aromatic nitrogens is 3. The van der Waals surface area contributed by atoms with Crippen LogP contribution in [0.4, 0.5) is 0 Å². The minimum absolute atomic E-state index is 0.0152. The van der Waals surface area contributed by atoms with Gasteiger partial charge in [0.1, 0.15) is 0 Å². The van der Waals surface area contributed by atoms with Crippen LogP contribution in [-0.4, -0.2) is 49.9 Å². The molecule has 2 heterocycles. The minimum Gasteiger partial charge on any atom is -0.476 e. The monoisotopic (exact) mass is 296 g/mol. The van der Waals surface area contributed by atoms with Gasteiger partial charge in [-0.2, -0.15) is 0 Å². The van der Waals surface area contributed by atoms with Gasteiger partial charge in [0, 0.05) is 5.92 Å². The second-order valence-corrected chi connectivity index (χ2v) is 6.32. The van der Waals surface area contributed by atoms with Gasteiger partial charge in [-0.05, 0) is 38.8 Å². The molecule has 1 atom stereocenters. The van der Waals surface area contributed by atoms with Gasteiger partial charge >= 0.3 is 5.97 Å². The number of hydrogen-bond donors (Lipinski definition) is 3. The van der Waals surface area contributed by atoms with E-state index in [0.29, 0.717) is 5.69 Å². The molecule has 21 heavy (non-hydrogen) atoms. The van der Waals surface area contributed by atoms with Gasteiger partial charge in [0.15, 0.2) is 5.69 Å². The van der Waals surface area contributed by atoms with Gasteiger partial charge in [-0.3, -0.25) is 0 Å². The Labute approximate surface area is 124 Å². The molecular weight excluding hydrogens is 272 g/mol. The Hall–Kier alpha value is -1.47.